The molecule has 0 aromatic rings. The van der Waals surface area contributed by atoms with Gasteiger partial charge in [0.1, 0.15) is 12.6 Å². The van der Waals surface area contributed by atoms with Gasteiger partial charge >= 0.3 is 11.9 Å². The topological polar surface area (TPSA) is 124 Å². The fraction of sp³-hybridized carbons (Fsp3) is 0.667. The fourth-order valence-electron chi connectivity index (χ4n) is 2.22. The molecule has 0 spiro atoms. The van der Waals surface area contributed by atoms with E-state index >= 15 is 0 Å². The lowest BCUT2D eigenvalue weighted by atomic mass is 10.1. The molecule has 20 heavy (non-hydrogen) atoms. The number of carbonyl (C=O) groups excluding carboxylic acids is 2. The highest BCUT2D eigenvalue weighted by Crippen LogP contribution is 2.21. The van der Waals surface area contributed by atoms with E-state index in [2.05, 4.69) is 5.32 Å². The Kier molecular flexibility index (Phi) is 5.48. The summed E-state index contributed by atoms with van der Waals surface area (Å²) in [5.41, 5.74) is 0. The number of hydrogen-bond acceptors (Lipinski definition) is 4. The minimum absolute atomic E-state index is 0.293. The minimum Gasteiger partial charge on any atom is -0.481 e. The number of carboxylic acids is 2. The summed E-state index contributed by atoms with van der Waals surface area (Å²) in [6.07, 6.45) is 0.798. The van der Waals surface area contributed by atoms with Crippen LogP contribution in [0.4, 0.5) is 0 Å². The third kappa shape index (κ3) is 4.22. The van der Waals surface area contributed by atoms with Gasteiger partial charge in [-0.15, -0.1) is 0 Å². The van der Waals surface area contributed by atoms with Crippen LogP contribution in [0.2, 0.25) is 0 Å². The number of likely N-dealkylation sites (tertiary alicyclic amines) is 1. The van der Waals surface area contributed by atoms with Crippen molar-refractivity contribution < 1.29 is 29.4 Å². The molecule has 112 valence electrons. The van der Waals surface area contributed by atoms with Crippen molar-refractivity contribution in [3.8, 4) is 0 Å². The molecular formula is C12H18N2O6. The lowest BCUT2D eigenvalue weighted by molar-refractivity contribution is -0.146. The third-order valence-corrected chi connectivity index (χ3v) is 3.15. The van der Waals surface area contributed by atoms with Crippen LogP contribution in [0.3, 0.4) is 0 Å². The van der Waals surface area contributed by atoms with Crippen LogP contribution in [0, 0.1) is 5.92 Å². The second kappa shape index (κ2) is 6.88. The van der Waals surface area contributed by atoms with Crippen LogP contribution in [0.25, 0.3) is 0 Å². The molecule has 2 atom stereocenters. The van der Waals surface area contributed by atoms with E-state index in [0.29, 0.717) is 19.4 Å². The quantitative estimate of drug-likeness (QED) is 0.592. The van der Waals surface area contributed by atoms with Crippen molar-refractivity contribution in [2.24, 2.45) is 5.92 Å². The van der Waals surface area contributed by atoms with Crippen molar-refractivity contribution in [3.05, 3.63) is 0 Å². The first kappa shape index (κ1) is 15.9. The molecule has 0 bridgehead atoms. The largest absolute Gasteiger partial charge is 0.481 e. The Bertz CT molecular complexity index is 422. The zero-order valence-corrected chi connectivity index (χ0v) is 11.2. The van der Waals surface area contributed by atoms with Crippen LogP contribution >= 0.6 is 0 Å². The molecule has 1 saturated heterocycles. The van der Waals surface area contributed by atoms with Gasteiger partial charge in [0, 0.05) is 12.5 Å². The fourth-order valence-corrected chi connectivity index (χ4v) is 2.22. The highest BCUT2D eigenvalue weighted by atomic mass is 16.4. The number of amides is 2. The van der Waals surface area contributed by atoms with Gasteiger partial charge in [0.05, 0.1) is 6.42 Å². The highest BCUT2D eigenvalue weighted by molar-refractivity contribution is 5.91. The predicted molar refractivity (Wildman–Crippen MR) is 66.8 cm³/mol. The number of nitrogens with zero attached hydrogens (tertiary/aromatic N) is 1. The first-order valence-electron chi connectivity index (χ1n) is 6.34. The molecule has 8 nitrogen and oxygen atoms in total. The number of carbonyl (C=O) groups is 4. The van der Waals surface area contributed by atoms with Gasteiger partial charge in [-0.3, -0.25) is 19.2 Å². The Morgan fingerprint density at radius 1 is 1.25 bits per heavy atom. The van der Waals surface area contributed by atoms with Crippen molar-refractivity contribution in [1.82, 2.24) is 10.2 Å². The van der Waals surface area contributed by atoms with Crippen molar-refractivity contribution in [1.29, 1.82) is 0 Å². The summed E-state index contributed by atoms with van der Waals surface area (Å²) in [7, 11) is 0. The molecular weight excluding hydrogens is 268 g/mol. The van der Waals surface area contributed by atoms with Crippen LogP contribution in [0.15, 0.2) is 0 Å². The van der Waals surface area contributed by atoms with E-state index in [4.69, 9.17) is 10.2 Å². The van der Waals surface area contributed by atoms with Crippen LogP contribution in [0.5, 0.6) is 0 Å². The minimum atomic E-state index is -1.16. The monoisotopic (exact) mass is 286 g/mol. The van der Waals surface area contributed by atoms with Gasteiger partial charge in [-0.25, -0.2) is 0 Å². The van der Waals surface area contributed by atoms with Gasteiger partial charge < -0.3 is 20.4 Å². The Morgan fingerprint density at radius 3 is 2.45 bits per heavy atom. The molecule has 8 heteroatoms. The first-order valence-corrected chi connectivity index (χ1v) is 6.34. The van der Waals surface area contributed by atoms with E-state index in [1.165, 1.54) is 11.8 Å². The van der Waals surface area contributed by atoms with Crippen LogP contribution in [-0.4, -0.2) is 58.0 Å². The molecule has 3 N–H and O–H groups in total. The average molecular weight is 286 g/mol. The Hall–Kier alpha value is -2.12. The predicted octanol–water partition coefficient (Wildman–Crippen LogP) is -0.711. The summed E-state index contributed by atoms with van der Waals surface area (Å²) in [6.45, 7) is 1.39. The standard InChI is InChI=1S/C12H18N2O6/c1-7(5-9(15)16)12(20)14-4-2-3-8(14)11(19)13-6-10(17)18/h7-8H,2-6H2,1H3,(H,13,19)(H,15,16)(H,17,18)/t7-,8-/m0/s1. The van der Waals surface area contributed by atoms with Crippen molar-refractivity contribution in [2.75, 3.05) is 13.1 Å². The molecule has 1 heterocycles. The number of hydrogen-bond donors (Lipinski definition) is 3. The molecule has 0 saturated carbocycles. The van der Waals surface area contributed by atoms with Gasteiger partial charge in [-0.2, -0.15) is 0 Å². The molecule has 0 radical (unpaired) electrons. The molecule has 2 amide bonds. The zero-order valence-electron chi connectivity index (χ0n) is 11.2. The molecule has 0 aromatic heterocycles. The number of carboxylic acid groups (broad SMARTS) is 2. The Labute approximate surface area is 115 Å². The highest BCUT2D eigenvalue weighted by Gasteiger charge is 2.36. The van der Waals surface area contributed by atoms with E-state index in [-0.39, 0.29) is 12.3 Å². The summed E-state index contributed by atoms with van der Waals surface area (Å²) in [5.74, 6) is -3.84. The van der Waals surface area contributed by atoms with Crippen LogP contribution < -0.4 is 5.32 Å². The number of nitrogens with one attached hydrogen (secondary N) is 1. The lowest BCUT2D eigenvalue weighted by Crippen LogP contribution is -2.48. The second-order valence-electron chi connectivity index (χ2n) is 4.80. The van der Waals surface area contributed by atoms with E-state index in [1.54, 1.807) is 0 Å². The summed E-state index contributed by atoms with van der Waals surface area (Å²) in [5, 5.41) is 19.4. The molecule has 0 unspecified atom stereocenters. The number of aliphatic carboxylic acids is 2. The third-order valence-electron chi connectivity index (χ3n) is 3.15. The molecule has 1 fully saturated rings. The van der Waals surface area contributed by atoms with Gasteiger partial charge in [-0.1, -0.05) is 6.92 Å². The summed E-state index contributed by atoms with van der Waals surface area (Å²) < 4.78 is 0. The van der Waals surface area contributed by atoms with Gasteiger partial charge in [0.25, 0.3) is 0 Å². The summed E-state index contributed by atoms with van der Waals surface area (Å²) in [6, 6.07) is -0.710. The van der Waals surface area contributed by atoms with Gasteiger partial charge in [0.15, 0.2) is 0 Å². The molecule has 1 aliphatic heterocycles. The van der Waals surface area contributed by atoms with Gasteiger partial charge in [0.2, 0.25) is 11.8 Å². The SMILES string of the molecule is C[C@@H](CC(=O)O)C(=O)N1CCC[C@H]1C(=O)NCC(=O)O. The van der Waals surface area contributed by atoms with Crippen molar-refractivity contribution >= 4 is 23.8 Å². The summed E-state index contributed by atoms with van der Waals surface area (Å²) >= 11 is 0. The van der Waals surface area contributed by atoms with E-state index < -0.39 is 36.4 Å². The average Bonchev–Trinajstić information content (AvgIpc) is 2.83. The van der Waals surface area contributed by atoms with Crippen molar-refractivity contribution in [3.63, 3.8) is 0 Å². The maximum Gasteiger partial charge on any atom is 0.322 e. The zero-order chi connectivity index (χ0) is 15.3. The second-order valence-corrected chi connectivity index (χ2v) is 4.80. The Morgan fingerprint density at radius 2 is 1.90 bits per heavy atom. The lowest BCUT2D eigenvalue weighted by Gasteiger charge is -2.26. The Balaban J connectivity index is 2.64. The molecule has 0 aliphatic carbocycles. The van der Waals surface area contributed by atoms with E-state index in [1.807, 2.05) is 0 Å². The van der Waals surface area contributed by atoms with Gasteiger partial charge in [-0.05, 0) is 12.8 Å². The smallest absolute Gasteiger partial charge is 0.322 e. The molecule has 1 rings (SSSR count). The van der Waals surface area contributed by atoms with Crippen LogP contribution in [0.1, 0.15) is 26.2 Å². The molecule has 0 aromatic carbocycles. The first-order chi connectivity index (χ1) is 9.32. The number of rotatable bonds is 6. The van der Waals surface area contributed by atoms with E-state index in [9.17, 15) is 19.2 Å². The molecule has 1 aliphatic rings. The maximum absolute atomic E-state index is 12.1. The maximum atomic E-state index is 12.1. The summed E-state index contributed by atoms with van der Waals surface area (Å²) in [4.78, 5) is 46.3. The van der Waals surface area contributed by atoms with Crippen LogP contribution in [-0.2, 0) is 19.2 Å². The normalized spacial score (nSPS) is 19.4. The van der Waals surface area contributed by atoms with Crippen molar-refractivity contribution in [2.45, 2.75) is 32.2 Å². The van der Waals surface area contributed by atoms with E-state index in [0.717, 1.165) is 0 Å².